The first-order valence-electron chi connectivity index (χ1n) is 8.58. The molecule has 0 radical (unpaired) electrons. The smallest absolute Gasteiger partial charge is 0.188 e. The van der Waals surface area contributed by atoms with Crippen molar-refractivity contribution in [2.75, 3.05) is 32.8 Å². The molecule has 6 heteroatoms. The third-order valence-electron chi connectivity index (χ3n) is 4.16. The van der Waals surface area contributed by atoms with Gasteiger partial charge in [0.2, 0.25) is 0 Å². The van der Waals surface area contributed by atoms with Gasteiger partial charge in [0, 0.05) is 24.7 Å². The second-order valence-corrected chi connectivity index (χ2v) is 7.62. The summed E-state index contributed by atoms with van der Waals surface area (Å²) in [5.74, 6) is 0.439. The Balaban J connectivity index is 2.16. The Bertz CT molecular complexity index is 612. The van der Waals surface area contributed by atoms with E-state index in [1.165, 1.54) is 5.56 Å². The normalized spacial score (nSPS) is 19.4. The van der Waals surface area contributed by atoms with Crippen molar-refractivity contribution in [1.29, 1.82) is 0 Å². The molecule has 1 aromatic carbocycles. The maximum absolute atomic E-state index is 6.05. The summed E-state index contributed by atoms with van der Waals surface area (Å²) in [6.07, 6.45) is 0. The largest absolute Gasteiger partial charge is 0.373 e. The van der Waals surface area contributed by atoms with E-state index in [0.717, 1.165) is 23.7 Å². The van der Waals surface area contributed by atoms with Crippen LogP contribution in [0.4, 0.5) is 0 Å². The molecular formula is C19H29ClN4O. The number of ether oxygens (including phenoxy) is 1. The van der Waals surface area contributed by atoms with Crippen molar-refractivity contribution in [3.05, 3.63) is 47.0 Å². The van der Waals surface area contributed by atoms with Crippen LogP contribution in [0.15, 0.2) is 41.4 Å². The van der Waals surface area contributed by atoms with Crippen molar-refractivity contribution in [2.45, 2.75) is 32.4 Å². The SMILES string of the molecule is C=C(C)CNC(N)=NCC(c1ccc(Cl)cc1)N1CCOC(C)(C)C1. The minimum Gasteiger partial charge on any atom is -0.373 e. The average molecular weight is 365 g/mol. The van der Waals surface area contributed by atoms with Gasteiger partial charge in [-0.05, 0) is 38.5 Å². The van der Waals surface area contributed by atoms with Crippen LogP contribution in [-0.4, -0.2) is 49.2 Å². The fraction of sp³-hybridized carbons (Fsp3) is 0.526. The van der Waals surface area contributed by atoms with Gasteiger partial charge in [0.15, 0.2) is 5.96 Å². The average Bonchev–Trinajstić information content (AvgIpc) is 2.54. The maximum atomic E-state index is 6.05. The molecule has 0 aliphatic carbocycles. The summed E-state index contributed by atoms with van der Waals surface area (Å²) < 4.78 is 5.85. The summed E-state index contributed by atoms with van der Waals surface area (Å²) >= 11 is 6.05. The van der Waals surface area contributed by atoms with E-state index in [0.29, 0.717) is 25.7 Å². The molecule has 0 saturated carbocycles. The lowest BCUT2D eigenvalue weighted by molar-refractivity contribution is -0.0967. The molecule has 1 aliphatic heterocycles. The highest BCUT2D eigenvalue weighted by atomic mass is 35.5. The zero-order chi connectivity index (χ0) is 18.4. The number of nitrogens with one attached hydrogen (secondary N) is 1. The second-order valence-electron chi connectivity index (χ2n) is 7.18. The van der Waals surface area contributed by atoms with Gasteiger partial charge in [0.05, 0.1) is 24.8 Å². The van der Waals surface area contributed by atoms with Crippen LogP contribution < -0.4 is 11.1 Å². The minimum absolute atomic E-state index is 0.130. The van der Waals surface area contributed by atoms with Gasteiger partial charge >= 0.3 is 0 Å². The summed E-state index contributed by atoms with van der Waals surface area (Å²) in [5.41, 5.74) is 8.01. The summed E-state index contributed by atoms with van der Waals surface area (Å²) in [7, 11) is 0. The summed E-state index contributed by atoms with van der Waals surface area (Å²) in [6, 6.07) is 8.08. The predicted octanol–water partition coefficient (Wildman–Crippen LogP) is 2.97. The lowest BCUT2D eigenvalue weighted by atomic mass is 10.0. The Morgan fingerprint density at radius 1 is 1.44 bits per heavy atom. The molecule has 1 atom stereocenters. The van der Waals surface area contributed by atoms with Gasteiger partial charge in [-0.25, -0.2) is 0 Å². The van der Waals surface area contributed by atoms with Crippen LogP contribution in [0.25, 0.3) is 0 Å². The van der Waals surface area contributed by atoms with Crippen molar-refractivity contribution < 1.29 is 4.74 Å². The fourth-order valence-corrected chi connectivity index (χ4v) is 3.04. The van der Waals surface area contributed by atoms with Crippen molar-refractivity contribution in [2.24, 2.45) is 10.7 Å². The van der Waals surface area contributed by atoms with Gasteiger partial charge in [0.25, 0.3) is 0 Å². The number of nitrogens with two attached hydrogens (primary N) is 1. The number of hydrogen-bond acceptors (Lipinski definition) is 3. The van der Waals surface area contributed by atoms with Crippen LogP contribution >= 0.6 is 11.6 Å². The molecule has 1 aliphatic rings. The first kappa shape index (κ1) is 19.8. The molecule has 0 aromatic heterocycles. The number of aliphatic imine (C=N–C) groups is 1. The van der Waals surface area contributed by atoms with Crippen molar-refractivity contribution in [1.82, 2.24) is 10.2 Å². The standard InChI is InChI=1S/C19H29ClN4O/c1-14(2)11-22-18(21)23-12-17(15-5-7-16(20)8-6-15)24-9-10-25-19(3,4)13-24/h5-8,17H,1,9-13H2,2-4H3,(H3,21,22,23). The molecule has 1 saturated heterocycles. The highest BCUT2D eigenvalue weighted by molar-refractivity contribution is 6.30. The molecule has 138 valence electrons. The molecule has 1 aromatic rings. The summed E-state index contributed by atoms with van der Waals surface area (Å²) in [5, 5.41) is 3.81. The van der Waals surface area contributed by atoms with Gasteiger partial charge in [-0.2, -0.15) is 0 Å². The summed E-state index contributed by atoms with van der Waals surface area (Å²) in [4.78, 5) is 6.95. The van der Waals surface area contributed by atoms with Crippen molar-refractivity contribution in [3.8, 4) is 0 Å². The Morgan fingerprint density at radius 3 is 2.72 bits per heavy atom. The molecule has 25 heavy (non-hydrogen) atoms. The monoisotopic (exact) mass is 364 g/mol. The Morgan fingerprint density at radius 2 is 2.12 bits per heavy atom. The lowest BCUT2D eigenvalue weighted by Crippen LogP contribution is -2.50. The van der Waals surface area contributed by atoms with E-state index >= 15 is 0 Å². The van der Waals surface area contributed by atoms with E-state index in [1.807, 2.05) is 19.1 Å². The first-order chi connectivity index (χ1) is 11.8. The van der Waals surface area contributed by atoms with Gasteiger partial charge < -0.3 is 15.8 Å². The zero-order valence-electron chi connectivity index (χ0n) is 15.4. The fourth-order valence-electron chi connectivity index (χ4n) is 2.92. The van der Waals surface area contributed by atoms with Crippen molar-refractivity contribution >= 4 is 17.6 Å². The third kappa shape index (κ3) is 6.34. The van der Waals surface area contributed by atoms with Gasteiger partial charge in [-0.15, -0.1) is 0 Å². The molecule has 2 rings (SSSR count). The molecule has 3 N–H and O–H groups in total. The number of nitrogens with zero attached hydrogens (tertiary/aromatic N) is 2. The first-order valence-corrected chi connectivity index (χ1v) is 8.96. The predicted molar refractivity (Wildman–Crippen MR) is 105 cm³/mol. The minimum atomic E-state index is -0.170. The van der Waals surface area contributed by atoms with Gasteiger partial charge in [0.1, 0.15) is 0 Å². The number of benzene rings is 1. The molecule has 1 heterocycles. The molecule has 5 nitrogen and oxygen atoms in total. The number of hydrogen-bond donors (Lipinski definition) is 2. The quantitative estimate of drug-likeness (QED) is 0.463. The molecule has 1 fully saturated rings. The number of rotatable bonds is 6. The van der Waals surface area contributed by atoms with E-state index in [-0.39, 0.29) is 11.6 Å². The van der Waals surface area contributed by atoms with Crippen LogP contribution in [0.2, 0.25) is 5.02 Å². The van der Waals surface area contributed by atoms with Crippen LogP contribution in [0, 0.1) is 0 Å². The Kier molecular flexibility index (Phi) is 6.87. The molecule has 0 spiro atoms. The maximum Gasteiger partial charge on any atom is 0.188 e. The number of guanidine groups is 1. The van der Waals surface area contributed by atoms with Gasteiger partial charge in [-0.1, -0.05) is 35.9 Å². The van der Waals surface area contributed by atoms with E-state index < -0.39 is 0 Å². The Labute approximate surface area is 155 Å². The zero-order valence-corrected chi connectivity index (χ0v) is 16.1. The molecular weight excluding hydrogens is 336 g/mol. The van der Waals surface area contributed by atoms with Crippen LogP contribution in [-0.2, 0) is 4.74 Å². The molecule has 1 unspecified atom stereocenters. The number of morpholine rings is 1. The highest BCUT2D eigenvalue weighted by Gasteiger charge is 2.32. The number of halogens is 1. The van der Waals surface area contributed by atoms with Crippen LogP contribution in [0.3, 0.4) is 0 Å². The van der Waals surface area contributed by atoms with E-state index in [1.54, 1.807) is 0 Å². The van der Waals surface area contributed by atoms with Crippen LogP contribution in [0.1, 0.15) is 32.4 Å². The molecule has 0 amide bonds. The van der Waals surface area contributed by atoms with E-state index in [4.69, 9.17) is 22.1 Å². The van der Waals surface area contributed by atoms with E-state index in [9.17, 15) is 0 Å². The highest BCUT2D eigenvalue weighted by Crippen LogP contribution is 2.28. The van der Waals surface area contributed by atoms with Crippen molar-refractivity contribution in [3.63, 3.8) is 0 Å². The topological polar surface area (TPSA) is 62.9 Å². The third-order valence-corrected chi connectivity index (χ3v) is 4.41. The lowest BCUT2D eigenvalue weighted by Gasteiger charge is -2.42. The van der Waals surface area contributed by atoms with Crippen LogP contribution in [0.5, 0.6) is 0 Å². The van der Waals surface area contributed by atoms with E-state index in [2.05, 4.69) is 47.8 Å². The van der Waals surface area contributed by atoms with Gasteiger partial charge in [-0.3, -0.25) is 9.89 Å². The Hall–Kier alpha value is -1.56. The second kappa shape index (κ2) is 8.70. The molecule has 0 bridgehead atoms. The summed E-state index contributed by atoms with van der Waals surface area (Å²) in [6.45, 7) is 13.7.